The van der Waals surface area contributed by atoms with Crippen molar-refractivity contribution in [2.75, 3.05) is 11.9 Å². The zero-order valence-corrected chi connectivity index (χ0v) is 11.6. The van der Waals surface area contributed by atoms with Gasteiger partial charge < -0.3 is 10.1 Å². The summed E-state index contributed by atoms with van der Waals surface area (Å²) in [7, 11) is 0. The standard InChI is InChI=1S/C16H13ClN2O/c17-13-7-6-12(10-18)15(9-13)20-14-5-1-3-11-4-2-8-19-16(11)14/h1,3,5-7,9,19H,2,4,8H2. The van der Waals surface area contributed by atoms with Crippen LogP contribution in [0.1, 0.15) is 17.5 Å². The molecule has 0 amide bonds. The summed E-state index contributed by atoms with van der Waals surface area (Å²) >= 11 is 5.98. The van der Waals surface area contributed by atoms with Crippen molar-refractivity contribution in [2.45, 2.75) is 12.8 Å². The fourth-order valence-electron chi connectivity index (χ4n) is 2.35. The van der Waals surface area contributed by atoms with Gasteiger partial charge >= 0.3 is 0 Å². The van der Waals surface area contributed by atoms with Gasteiger partial charge in [-0.2, -0.15) is 5.26 Å². The lowest BCUT2D eigenvalue weighted by atomic mass is 10.0. The van der Waals surface area contributed by atoms with Crippen molar-refractivity contribution in [3.63, 3.8) is 0 Å². The van der Waals surface area contributed by atoms with Gasteiger partial charge in [-0.3, -0.25) is 0 Å². The molecule has 0 aromatic heterocycles. The Morgan fingerprint density at radius 1 is 1.20 bits per heavy atom. The van der Waals surface area contributed by atoms with E-state index in [1.54, 1.807) is 18.2 Å². The highest BCUT2D eigenvalue weighted by Crippen LogP contribution is 2.36. The molecule has 2 aromatic carbocycles. The zero-order chi connectivity index (χ0) is 13.9. The van der Waals surface area contributed by atoms with Gasteiger partial charge in [0.1, 0.15) is 11.8 Å². The zero-order valence-electron chi connectivity index (χ0n) is 10.8. The lowest BCUT2D eigenvalue weighted by Gasteiger charge is -2.21. The molecule has 2 aromatic rings. The van der Waals surface area contributed by atoms with E-state index in [1.807, 2.05) is 12.1 Å². The Balaban J connectivity index is 2.00. The summed E-state index contributed by atoms with van der Waals surface area (Å²) in [5.41, 5.74) is 2.74. The molecule has 1 N–H and O–H groups in total. The van der Waals surface area contributed by atoms with Crippen LogP contribution in [0, 0.1) is 11.3 Å². The van der Waals surface area contributed by atoms with E-state index in [0.29, 0.717) is 16.3 Å². The number of anilines is 1. The number of para-hydroxylation sites is 1. The van der Waals surface area contributed by atoms with Gasteiger partial charge in [-0.15, -0.1) is 0 Å². The van der Waals surface area contributed by atoms with Crippen LogP contribution in [-0.2, 0) is 6.42 Å². The maximum atomic E-state index is 9.14. The topological polar surface area (TPSA) is 45.0 Å². The number of fused-ring (bicyclic) bond motifs is 1. The number of aryl methyl sites for hydroxylation is 1. The Morgan fingerprint density at radius 2 is 2.10 bits per heavy atom. The lowest BCUT2D eigenvalue weighted by Crippen LogP contribution is -2.12. The molecule has 0 unspecified atom stereocenters. The first-order valence-electron chi connectivity index (χ1n) is 6.51. The van der Waals surface area contributed by atoms with E-state index in [4.69, 9.17) is 21.6 Å². The van der Waals surface area contributed by atoms with Crippen molar-refractivity contribution >= 4 is 17.3 Å². The van der Waals surface area contributed by atoms with Gasteiger partial charge in [-0.25, -0.2) is 0 Å². The summed E-state index contributed by atoms with van der Waals surface area (Å²) < 4.78 is 5.91. The predicted octanol–water partition coefficient (Wildman–Crippen LogP) is 4.36. The van der Waals surface area contributed by atoms with Gasteiger partial charge in [-0.1, -0.05) is 23.7 Å². The summed E-state index contributed by atoms with van der Waals surface area (Å²) in [6.07, 6.45) is 2.16. The van der Waals surface area contributed by atoms with E-state index in [0.717, 1.165) is 30.8 Å². The fraction of sp³-hybridized carbons (Fsp3) is 0.188. The fourth-order valence-corrected chi connectivity index (χ4v) is 2.52. The number of benzene rings is 2. The van der Waals surface area contributed by atoms with E-state index in [9.17, 15) is 0 Å². The van der Waals surface area contributed by atoms with Gasteiger partial charge in [0.15, 0.2) is 5.75 Å². The van der Waals surface area contributed by atoms with Crippen LogP contribution in [0.15, 0.2) is 36.4 Å². The maximum absolute atomic E-state index is 9.14. The van der Waals surface area contributed by atoms with Crippen molar-refractivity contribution in [3.8, 4) is 17.6 Å². The summed E-state index contributed by atoms with van der Waals surface area (Å²) in [6.45, 7) is 0.939. The van der Waals surface area contributed by atoms with Crippen LogP contribution in [-0.4, -0.2) is 6.54 Å². The van der Waals surface area contributed by atoms with Crippen LogP contribution < -0.4 is 10.1 Å². The Hall–Kier alpha value is -2.18. The molecule has 0 spiro atoms. The number of halogens is 1. The van der Waals surface area contributed by atoms with E-state index in [1.165, 1.54) is 5.56 Å². The van der Waals surface area contributed by atoms with Crippen LogP contribution in [0.5, 0.6) is 11.5 Å². The number of rotatable bonds is 2. The number of hydrogen-bond donors (Lipinski definition) is 1. The Kier molecular flexibility index (Phi) is 3.49. The summed E-state index contributed by atoms with van der Waals surface area (Å²) in [5.74, 6) is 1.22. The third-order valence-electron chi connectivity index (χ3n) is 3.32. The maximum Gasteiger partial charge on any atom is 0.150 e. The average Bonchev–Trinajstić information content (AvgIpc) is 2.48. The molecule has 4 heteroatoms. The third-order valence-corrected chi connectivity index (χ3v) is 3.56. The van der Waals surface area contributed by atoms with Crippen molar-refractivity contribution in [3.05, 3.63) is 52.5 Å². The quantitative estimate of drug-likeness (QED) is 0.891. The van der Waals surface area contributed by atoms with Gasteiger partial charge in [-0.05, 0) is 36.6 Å². The number of nitrogens with zero attached hydrogens (tertiary/aromatic N) is 1. The summed E-state index contributed by atoms with van der Waals surface area (Å²) in [6, 6.07) is 13.1. The van der Waals surface area contributed by atoms with Crippen molar-refractivity contribution in [2.24, 2.45) is 0 Å². The first-order valence-corrected chi connectivity index (χ1v) is 6.89. The van der Waals surface area contributed by atoms with E-state index < -0.39 is 0 Å². The van der Waals surface area contributed by atoms with Crippen molar-refractivity contribution in [1.82, 2.24) is 0 Å². The largest absolute Gasteiger partial charge is 0.454 e. The van der Waals surface area contributed by atoms with Crippen molar-refractivity contribution in [1.29, 1.82) is 5.26 Å². The van der Waals surface area contributed by atoms with Gasteiger partial charge in [0.25, 0.3) is 0 Å². The second-order valence-corrected chi connectivity index (χ2v) is 5.11. The molecule has 0 radical (unpaired) electrons. The summed E-state index contributed by atoms with van der Waals surface area (Å²) in [5, 5.41) is 13.1. The minimum atomic E-state index is 0.475. The second kappa shape index (κ2) is 5.44. The molecule has 0 bridgehead atoms. The monoisotopic (exact) mass is 284 g/mol. The number of ether oxygens (including phenoxy) is 1. The number of nitriles is 1. The normalized spacial score (nSPS) is 13.0. The van der Waals surface area contributed by atoms with Crippen LogP contribution in [0.4, 0.5) is 5.69 Å². The molecule has 0 saturated carbocycles. The molecule has 0 fully saturated rings. The van der Waals surface area contributed by atoms with Gasteiger partial charge in [0, 0.05) is 17.6 Å². The smallest absolute Gasteiger partial charge is 0.150 e. The highest BCUT2D eigenvalue weighted by atomic mass is 35.5. The lowest BCUT2D eigenvalue weighted by molar-refractivity contribution is 0.481. The van der Waals surface area contributed by atoms with E-state index in [-0.39, 0.29) is 0 Å². The van der Waals surface area contributed by atoms with Crippen LogP contribution in [0.2, 0.25) is 5.02 Å². The van der Waals surface area contributed by atoms with Gasteiger partial charge in [0.05, 0.1) is 11.3 Å². The minimum Gasteiger partial charge on any atom is -0.454 e. The molecule has 1 aliphatic heterocycles. The molecule has 3 nitrogen and oxygen atoms in total. The Labute approximate surface area is 122 Å². The van der Waals surface area contributed by atoms with E-state index >= 15 is 0 Å². The number of hydrogen-bond acceptors (Lipinski definition) is 3. The molecule has 0 atom stereocenters. The average molecular weight is 285 g/mol. The summed E-state index contributed by atoms with van der Waals surface area (Å²) in [4.78, 5) is 0. The van der Waals surface area contributed by atoms with Crippen LogP contribution in [0.25, 0.3) is 0 Å². The van der Waals surface area contributed by atoms with Crippen LogP contribution >= 0.6 is 11.6 Å². The molecule has 0 aliphatic carbocycles. The second-order valence-electron chi connectivity index (χ2n) is 4.67. The molecule has 3 rings (SSSR count). The molecule has 1 aliphatic rings. The number of nitrogens with one attached hydrogen (secondary N) is 1. The highest BCUT2D eigenvalue weighted by Gasteiger charge is 2.15. The van der Waals surface area contributed by atoms with E-state index in [2.05, 4.69) is 17.5 Å². The molecule has 100 valence electrons. The van der Waals surface area contributed by atoms with Gasteiger partial charge in [0.2, 0.25) is 0 Å². The Bertz CT molecular complexity index is 691. The molecule has 0 saturated heterocycles. The third kappa shape index (κ3) is 2.43. The first-order chi connectivity index (χ1) is 9.78. The highest BCUT2D eigenvalue weighted by molar-refractivity contribution is 6.30. The van der Waals surface area contributed by atoms with Crippen LogP contribution in [0.3, 0.4) is 0 Å². The van der Waals surface area contributed by atoms with Crippen molar-refractivity contribution < 1.29 is 4.74 Å². The molecular formula is C16H13ClN2O. The molecular weight excluding hydrogens is 272 g/mol. The SMILES string of the molecule is N#Cc1ccc(Cl)cc1Oc1cccc2c1NCCC2. The Morgan fingerprint density at radius 3 is 2.95 bits per heavy atom. The predicted molar refractivity (Wildman–Crippen MR) is 79.5 cm³/mol. The minimum absolute atomic E-state index is 0.475. The molecule has 20 heavy (non-hydrogen) atoms. The first kappa shape index (κ1) is 12.8. The molecule has 1 heterocycles.